The molecule has 0 saturated carbocycles. The molecule has 5 rings (SSSR count). The van der Waals surface area contributed by atoms with E-state index in [1.807, 2.05) is 30.3 Å². The zero-order valence-electron chi connectivity index (χ0n) is 16.6. The Bertz CT molecular complexity index is 1020. The van der Waals surface area contributed by atoms with Crippen molar-refractivity contribution in [3.8, 4) is 0 Å². The third-order valence-electron chi connectivity index (χ3n) is 6.54. The Morgan fingerprint density at radius 3 is 2.11 bits per heavy atom. The number of anilines is 1. The number of carbonyl (C=O) groups excluding carboxylic acids is 2. The average molecular weight is 389 g/mol. The molecule has 2 saturated heterocycles. The largest absolute Gasteiger partial charge is 0.274 e. The summed E-state index contributed by atoms with van der Waals surface area (Å²) in [6, 6.07) is 13.9. The smallest absolute Gasteiger partial charge is 0.238 e. The van der Waals surface area contributed by atoms with Crippen LogP contribution in [0.1, 0.15) is 23.6 Å². The minimum Gasteiger partial charge on any atom is -0.274 e. The lowest BCUT2D eigenvalue weighted by atomic mass is 9.82. The number of carbonyl (C=O) groups is 2. The van der Waals surface area contributed by atoms with Crippen molar-refractivity contribution in [2.75, 3.05) is 4.90 Å². The summed E-state index contributed by atoms with van der Waals surface area (Å²) >= 11 is 0. The summed E-state index contributed by atoms with van der Waals surface area (Å²) in [5, 5.41) is 1.41. The van der Waals surface area contributed by atoms with Crippen molar-refractivity contribution < 1.29 is 9.59 Å². The fourth-order valence-corrected chi connectivity index (χ4v) is 9.82. The monoisotopic (exact) mass is 389 g/mol. The van der Waals surface area contributed by atoms with Crippen LogP contribution in [-0.2, 0) is 9.59 Å². The van der Waals surface area contributed by atoms with Crippen molar-refractivity contribution in [2.24, 2.45) is 11.8 Å². The minimum atomic E-state index is -0.580. The maximum Gasteiger partial charge on any atom is 0.238 e. The third kappa shape index (κ3) is 2.26. The molecule has 4 heteroatoms. The van der Waals surface area contributed by atoms with E-state index in [1.54, 1.807) is 0 Å². The van der Waals surface area contributed by atoms with E-state index in [-0.39, 0.29) is 35.0 Å². The third-order valence-corrected chi connectivity index (χ3v) is 10.2. The number of amides is 2. The number of allylic oxidation sites excluding steroid dienone is 2. The predicted octanol–water partition coefficient (Wildman–Crippen LogP) is 4.24. The normalized spacial score (nSPS) is 30.8. The number of fused-ring (bicyclic) bond motifs is 5. The van der Waals surface area contributed by atoms with Gasteiger partial charge >= 0.3 is 0 Å². The van der Waals surface area contributed by atoms with Crippen molar-refractivity contribution in [3.63, 3.8) is 0 Å². The molecule has 0 N–H and O–H groups in total. The van der Waals surface area contributed by atoms with Crippen molar-refractivity contribution in [1.82, 2.24) is 0 Å². The second kappa shape index (κ2) is 6.12. The number of aryl methyl sites for hydroxylation is 3. The number of para-hydroxylation sites is 1. The Morgan fingerprint density at radius 2 is 1.46 bits per heavy atom. The van der Waals surface area contributed by atoms with E-state index in [2.05, 4.69) is 45.9 Å². The predicted molar refractivity (Wildman–Crippen MR) is 114 cm³/mol. The standard InChI is InChI=1S/C24H24NO2P/c1-13-10-14(2)21(15(3)11-13)28-18-12-16(4)22(28)20-19(18)23(26)25(24(20)27)17-8-6-5-7-9-17/h5-12,18-20,22H,1-4H3/t18-,19+,20+,22+,28?/m0/s1. The van der Waals surface area contributed by atoms with Gasteiger partial charge in [0.25, 0.3) is 0 Å². The maximum absolute atomic E-state index is 13.4. The second-order valence-corrected chi connectivity index (χ2v) is 10.8. The quantitative estimate of drug-likeness (QED) is 0.438. The van der Waals surface area contributed by atoms with Gasteiger partial charge in [-0.1, -0.05) is 55.5 Å². The first-order valence-electron chi connectivity index (χ1n) is 9.87. The van der Waals surface area contributed by atoms with Crippen LogP contribution in [0.3, 0.4) is 0 Å². The van der Waals surface area contributed by atoms with Crippen LogP contribution in [0.5, 0.6) is 0 Å². The molecule has 0 aromatic heterocycles. The minimum absolute atomic E-state index is 0.00364. The van der Waals surface area contributed by atoms with Gasteiger partial charge in [0, 0.05) is 11.3 Å². The second-order valence-electron chi connectivity index (χ2n) is 8.40. The topological polar surface area (TPSA) is 37.4 Å². The van der Waals surface area contributed by atoms with Crippen LogP contribution in [0.2, 0.25) is 0 Å². The van der Waals surface area contributed by atoms with E-state index < -0.39 is 7.92 Å². The Balaban J connectivity index is 1.60. The first kappa shape index (κ1) is 17.8. The molecule has 5 atom stereocenters. The van der Waals surface area contributed by atoms with Crippen LogP contribution in [0.15, 0.2) is 54.1 Å². The van der Waals surface area contributed by atoms with Gasteiger partial charge in [0.05, 0.1) is 17.5 Å². The number of rotatable bonds is 2. The van der Waals surface area contributed by atoms with Gasteiger partial charge in [0.1, 0.15) is 0 Å². The molecule has 28 heavy (non-hydrogen) atoms. The molecule has 2 bridgehead atoms. The molecular weight excluding hydrogens is 365 g/mol. The van der Waals surface area contributed by atoms with Crippen LogP contribution in [0.4, 0.5) is 5.69 Å². The Hall–Kier alpha value is -2.25. The van der Waals surface area contributed by atoms with E-state index in [9.17, 15) is 9.59 Å². The number of hydrogen-bond donors (Lipinski definition) is 0. The molecule has 3 nitrogen and oxygen atoms in total. The van der Waals surface area contributed by atoms with Gasteiger partial charge in [-0.15, -0.1) is 0 Å². The van der Waals surface area contributed by atoms with E-state index in [0.29, 0.717) is 5.69 Å². The van der Waals surface area contributed by atoms with E-state index in [0.717, 1.165) is 0 Å². The number of benzene rings is 2. The van der Waals surface area contributed by atoms with Crippen molar-refractivity contribution >= 4 is 30.7 Å². The molecule has 3 aliphatic rings. The highest BCUT2D eigenvalue weighted by atomic mass is 31.1. The summed E-state index contributed by atoms with van der Waals surface area (Å²) in [5.74, 6) is -0.412. The first-order valence-corrected chi connectivity index (χ1v) is 11.4. The molecule has 2 fully saturated rings. The van der Waals surface area contributed by atoms with E-state index in [1.165, 1.54) is 32.5 Å². The summed E-state index contributed by atoms with van der Waals surface area (Å²) < 4.78 is 0. The maximum atomic E-state index is 13.4. The molecule has 0 radical (unpaired) electrons. The van der Waals surface area contributed by atoms with Crippen LogP contribution in [0.25, 0.3) is 0 Å². The van der Waals surface area contributed by atoms with Gasteiger partial charge < -0.3 is 0 Å². The molecule has 2 aromatic carbocycles. The van der Waals surface area contributed by atoms with Crippen LogP contribution in [0, 0.1) is 32.6 Å². The highest BCUT2D eigenvalue weighted by Crippen LogP contribution is 2.69. The van der Waals surface area contributed by atoms with E-state index >= 15 is 0 Å². The molecule has 0 spiro atoms. The van der Waals surface area contributed by atoms with Gasteiger partial charge in [-0.2, -0.15) is 0 Å². The van der Waals surface area contributed by atoms with Gasteiger partial charge in [0.15, 0.2) is 0 Å². The van der Waals surface area contributed by atoms with Crippen molar-refractivity contribution in [2.45, 2.75) is 39.0 Å². The Labute approximate surface area is 167 Å². The van der Waals surface area contributed by atoms with Crippen LogP contribution < -0.4 is 10.2 Å². The lowest BCUT2D eigenvalue weighted by molar-refractivity contribution is -0.122. The van der Waals surface area contributed by atoms with Crippen LogP contribution in [-0.4, -0.2) is 23.1 Å². The average Bonchev–Trinajstić information content (AvgIpc) is 3.22. The van der Waals surface area contributed by atoms with Gasteiger partial charge in [-0.25, -0.2) is 4.90 Å². The zero-order valence-corrected chi connectivity index (χ0v) is 17.5. The molecule has 1 unspecified atom stereocenters. The Morgan fingerprint density at radius 1 is 0.857 bits per heavy atom. The SMILES string of the molecule is CC1=C[C@H]2[C@H]3C(=O)N(c4ccccc4)C(=O)[C@H]3[C@@H]1P2c1c(C)cc(C)cc1C. The first-order chi connectivity index (χ1) is 13.4. The summed E-state index contributed by atoms with van der Waals surface area (Å²) in [5.41, 5.74) is 6.25. The van der Waals surface area contributed by atoms with Crippen molar-refractivity contribution in [1.29, 1.82) is 0 Å². The number of hydrogen-bond acceptors (Lipinski definition) is 2. The summed E-state index contributed by atoms with van der Waals surface area (Å²) in [6.45, 7) is 8.64. The molecule has 2 amide bonds. The van der Waals surface area contributed by atoms with Gasteiger partial charge in [0.2, 0.25) is 11.8 Å². The molecular formula is C24H24NO2P. The van der Waals surface area contributed by atoms with Gasteiger partial charge in [-0.3, -0.25) is 9.59 Å². The van der Waals surface area contributed by atoms with E-state index in [4.69, 9.17) is 0 Å². The fraction of sp³-hybridized carbons (Fsp3) is 0.333. The highest BCUT2D eigenvalue weighted by Gasteiger charge is 2.65. The molecule has 3 aliphatic heterocycles. The summed E-state index contributed by atoms with van der Waals surface area (Å²) in [7, 11) is -0.580. The lowest BCUT2D eigenvalue weighted by Crippen LogP contribution is -2.34. The lowest BCUT2D eigenvalue weighted by Gasteiger charge is -2.27. The summed E-state index contributed by atoms with van der Waals surface area (Å²) in [4.78, 5) is 28.3. The molecule has 2 aromatic rings. The molecule has 3 heterocycles. The molecule has 142 valence electrons. The number of nitrogens with zero attached hydrogens (tertiary/aromatic N) is 1. The van der Waals surface area contributed by atoms with Crippen molar-refractivity contribution in [3.05, 3.63) is 70.8 Å². The molecule has 0 aliphatic carbocycles. The zero-order chi connectivity index (χ0) is 19.7. The van der Waals surface area contributed by atoms with Gasteiger partial charge in [-0.05, 0) is 56.3 Å². The number of imide groups is 1. The Kier molecular flexibility index (Phi) is 3.90. The fourth-order valence-electron chi connectivity index (χ4n) is 5.69. The van der Waals surface area contributed by atoms with Crippen LogP contribution >= 0.6 is 7.92 Å². The highest BCUT2D eigenvalue weighted by molar-refractivity contribution is 7.68. The summed E-state index contributed by atoms with van der Waals surface area (Å²) in [6.07, 6.45) is 2.30.